The van der Waals surface area contributed by atoms with Gasteiger partial charge in [-0.15, -0.1) is 0 Å². The number of ether oxygens (including phenoxy) is 1. The summed E-state index contributed by atoms with van der Waals surface area (Å²) in [5.74, 6) is 0.165. The minimum atomic E-state index is -2.91. The van der Waals surface area contributed by atoms with E-state index < -0.39 is 9.84 Å². The maximum atomic E-state index is 11.3. The Morgan fingerprint density at radius 3 is 2.71 bits per heavy atom. The maximum Gasteiger partial charge on any atom is 0.316 e. The molecule has 0 aliphatic carbocycles. The Balaban J connectivity index is 2.45. The number of hydrogen-bond donors (Lipinski definition) is 0. The zero-order chi connectivity index (χ0) is 13.1. The van der Waals surface area contributed by atoms with Crippen LogP contribution in [0.15, 0.2) is 0 Å². The SMILES string of the molecule is COC(=O)CSC(=S)N(C)[C@@H]1CCS(=O)(=O)C1. The molecule has 1 aliphatic rings. The highest BCUT2D eigenvalue weighted by Crippen LogP contribution is 2.20. The second kappa shape index (κ2) is 6.01. The van der Waals surface area contributed by atoms with E-state index in [4.69, 9.17) is 12.2 Å². The van der Waals surface area contributed by atoms with Crippen molar-refractivity contribution in [3.8, 4) is 0 Å². The van der Waals surface area contributed by atoms with Crippen molar-refractivity contribution in [1.29, 1.82) is 0 Å². The molecule has 1 rings (SSSR count). The van der Waals surface area contributed by atoms with Crippen LogP contribution in [-0.2, 0) is 19.4 Å². The van der Waals surface area contributed by atoms with Crippen molar-refractivity contribution < 1.29 is 17.9 Å². The minimum absolute atomic E-state index is 0.0716. The van der Waals surface area contributed by atoms with E-state index >= 15 is 0 Å². The van der Waals surface area contributed by atoms with E-state index in [0.29, 0.717) is 10.7 Å². The molecule has 1 atom stereocenters. The zero-order valence-electron chi connectivity index (χ0n) is 9.71. The predicted octanol–water partition coefficient (Wildman–Crippen LogP) is 0.296. The minimum Gasteiger partial charge on any atom is -0.468 e. The maximum absolute atomic E-state index is 11.3. The average Bonchev–Trinajstić information content (AvgIpc) is 2.64. The summed E-state index contributed by atoms with van der Waals surface area (Å²) in [7, 11) is 0.169. The summed E-state index contributed by atoms with van der Waals surface area (Å²) in [6, 6.07) is -0.0716. The van der Waals surface area contributed by atoms with Gasteiger partial charge in [-0.1, -0.05) is 24.0 Å². The Bertz CT molecular complexity index is 406. The smallest absolute Gasteiger partial charge is 0.316 e. The summed E-state index contributed by atoms with van der Waals surface area (Å²) in [4.78, 5) is 12.7. The molecule has 0 aromatic rings. The molecule has 0 saturated carbocycles. The first-order valence-corrected chi connectivity index (χ1v) is 8.24. The van der Waals surface area contributed by atoms with Crippen molar-refractivity contribution in [1.82, 2.24) is 4.90 Å². The second-order valence-electron chi connectivity index (χ2n) is 3.80. The quantitative estimate of drug-likeness (QED) is 0.548. The second-order valence-corrected chi connectivity index (χ2v) is 7.64. The molecule has 0 radical (unpaired) electrons. The molecule has 17 heavy (non-hydrogen) atoms. The van der Waals surface area contributed by atoms with Crippen LogP contribution in [0.4, 0.5) is 0 Å². The molecule has 0 unspecified atom stereocenters. The first-order chi connectivity index (χ1) is 7.85. The lowest BCUT2D eigenvalue weighted by atomic mass is 10.2. The van der Waals surface area contributed by atoms with E-state index in [0.717, 1.165) is 0 Å². The van der Waals surface area contributed by atoms with E-state index in [9.17, 15) is 13.2 Å². The summed E-state index contributed by atoms with van der Waals surface area (Å²) in [5.41, 5.74) is 0. The lowest BCUT2D eigenvalue weighted by Gasteiger charge is -2.25. The van der Waals surface area contributed by atoms with E-state index in [1.165, 1.54) is 18.9 Å². The summed E-state index contributed by atoms with van der Waals surface area (Å²) in [6.07, 6.45) is 0.595. The van der Waals surface area contributed by atoms with Gasteiger partial charge in [0.2, 0.25) is 0 Å². The van der Waals surface area contributed by atoms with Crippen molar-refractivity contribution >= 4 is 44.1 Å². The van der Waals surface area contributed by atoms with Crippen LogP contribution in [0, 0.1) is 0 Å². The molecule has 1 heterocycles. The van der Waals surface area contributed by atoms with Gasteiger partial charge in [-0.2, -0.15) is 0 Å². The standard InChI is InChI=1S/C9H15NO4S3/c1-10(7-3-4-17(12,13)6-7)9(15)16-5-8(11)14-2/h7H,3-6H2,1-2H3/t7-/m1/s1. The van der Waals surface area contributed by atoms with Gasteiger partial charge in [-0.3, -0.25) is 4.79 Å². The number of hydrogen-bond acceptors (Lipinski definition) is 6. The topological polar surface area (TPSA) is 63.7 Å². The normalized spacial score (nSPS) is 22.1. The van der Waals surface area contributed by atoms with Crippen LogP contribution in [-0.4, -0.2) is 61.1 Å². The van der Waals surface area contributed by atoms with Crippen LogP contribution in [0.3, 0.4) is 0 Å². The van der Waals surface area contributed by atoms with E-state index in [-0.39, 0.29) is 29.3 Å². The molecule has 5 nitrogen and oxygen atoms in total. The Morgan fingerprint density at radius 1 is 1.59 bits per heavy atom. The molecular weight excluding hydrogens is 282 g/mol. The Morgan fingerprint density at radius 2 is 2.24 bits per heavy atom. The number of nitrogens with zero attached hydrogens (tertiary/aromatic N) is 1. The molecule has 0 bridgehead atoms. The predicted molar refractivity (Wildman–Crippen MR) is 71.9 cm³/mol. The van der Waals surface area contributed by atoms with Crippen LogP contribution in [0.5, 0.6) is 0 Å². The number of thiocarbonyl (C=S) groups is 1. The Kier molecular flexibility index (Phi) is 5.21. The number of sulfone groups is 1. The molecule has 0 N–H and O–H groups in total. The number of carbonyl (C=O) groups excluding carboxylic acids is 1. The summed E-state index contributed by atoms with van der Waals surface area (Å²) in [5, 5.41) is 0. The van der Waals surface area contributed by atoms with Gasteiger partial charge >= 0.3 is 5.97 Å². The third-order valence-corrected chi connectivity index (χ3v) is 5.89. The van der Waals surface area contributed by atoms with Gasteiger partial charge in [-0.05, 0) is 6.42 Å². The highest BCUT2D eigenvalue weighted by Gasteiger charge is 2.31. The van der Waals surface area contributed by atoms with Crippen LogP contribution in [0.1, 0.15) is 6.42 Å². The number of thioether (sulfide) groups is 1. The van der Waals surface area contributed by atoms with Gasteiger partial charge in [0.25, 0.3) is 0 Å². The number of esters is 1. The lowest BCUT2D eigenvalue weighted by Crippen LogP contribution is -2.35. The molecular formula is C9H15NO4S3. The van der Waals surface area contributed by atoms with Crippen molar-refractivity contribution in [3.05, 3.63) is 0 Å². The van der Waals surface area contributed by atoms with E-state index in [1.54, 1.807) is 11.9 Å². The summed E-state index contributed by atoms with van der Waals surface area (Å²) in [6.45, 7) is 0. The van der Waals surface area contributed by atoms with Gasteiger partial charge in [0.05, 0.1) is 24.4 Å². The molecule has 98 valence electrons. The van der Waals surface area contributed by atoms with E-state index in [1.807, 2.05) is 0 Å². The van der Waals surface area contributed by atoms with Crippen LogP contribution >= 0.6 is 24.0 Å². The zero-order valence-corrected chi connectivity index (χ0v) is 12.2. The van der Waals surface area contributed by atoms with Gasteiger partial charge in [0.15, 0.2) is 9.84 Å². The van der Waals surface area contributed by atoms with Gasteiger partial charge in [0.1, 0.15) is 4.32 Å². The lowest BCUT2D eigenvalue weighted by molar-refractivity contribution is -0.137. The molecule has 0 amide bonds. The highest BCUT2D eigenvalue weighted by molar-refractivity contribution is 8.23. The number of carbonyl (C=O) groups is 1. The average molecular weight is 297 g/mol. The van der Waals surface area contributed by atoms with Crippen LogP contribution in [0.25, 0.3) is 0 Å². The molecule has 1 saturated heterocycles. The molecule has 0 spiro atoms. The third kappa shape index (κ3) is 4.44. The first kappa shape index (κ1) is 14.7. The van der Waals surface area contributed by atoms with Gasteiger partial charge in [-0.25, -0.2) is 8.42 Å². The van der Waals surface area contributed by atoms with Crippen molar-refractivity contribution in [2.75, 3.05) is 31.4 Å². The molecule has 0 aromatic heterocycles. The molecule has 0 aromatic carbocycles. The van der Waals surface area contributed by atoms with Gasteiger partial charge < -0.3 is 9.64 Å². The van der Waals surface area contributed by atoms with Crippen molar-refractivity contribution in [2.45, 2.75) is 12.5 Å². The van der Waals surface area contributed by atoms with Crippen molar-refractivity contribution in [3.63, 3.8) is 0 Å². The number of rotatable bonds is 3. The molecule has 1 aliphatic heterocycles. The fraction of sp³-hybridized carbons (Fsp3) is 0.778. The highest BCUT2D eigenvalue weighted by atomic mass is 32.2. The fourth-order valence-corrected chi connectivity index (χ4v) is 4.32. The fourth-order valence-electron chi connectivity index (χ4n) is 1.51. The molecule has 1 fully saturated rings. The van der Waals surface area contributed by atoms with Crippen LogP contribution < -0.4 is 0 Å². The largest absolute Gasteiger partial charge is 0.468 e. The first-order valence-electron chi connectivity index (χ1n) is 5.02. The van der Waals surface area contributed by atoms with Crippen molar-refractivity contribution in [2.24, 2.45) is 0 Å². The van der Waals surface area contributed by atoms with Crippen LogP contribution in [0.2, 0.25) is 0 Å². The van der Waals surface area contributed by atoms with Gasteiger partial charge in [0, 0.05) is 13.1 Å². The monoisotopic (exact) mass is 297 g/mol. The Hall–Kier alpha value is -0.340. The number of methoxy groups -OCH3 is 1. The molecule has 8 heteroatoms. The third-order valence-electron chi connectivity index (χ3n) is 2.59. The Labute approximate surface area is 111 Å². The van der Waals surface area contributed by atoms with E-state index in [2.05, 4.69) is 4.74 Å². The summed E-state index contributed by atoms with van der Waals surface area (Å²) >= 11 is 6.33. The summed E-state index contributed by atoms with van der Waals surface area (Å²) < 4.78 is 27.7.